The van der Waals surface area contributed by atoms with Crippen LogP contribution in [0.2, 0.25) is 0 Å². The van der Waals surface area contributed by atoms with Crippen molar-refractivity contribution in [2.45, 2.75) is 25.8 Å². The van der Waals surface area contributed by atoms with Gasteiger partial charge in [-0.3, -0.25) is 0 Å². The lowest BCUT2D eigenvalue weighted by atomic mass is 9.90. The Balaban J connectivity index is 1.55. The van der Waals surface area contributed by atoms with Crippen LogP contribution in [0.4, 0.5) is 13.2 Å². The first-order valence-electron chi connectivity index (χ1n) is 16.0. The van der Waals surface area contributed by atoms with E-state index in [0.29, 0.717) is 49.2 Å². The number of rotatable bonds is 6. The molecule has 0 radical (unpaired) electrons. The highest BCUT2D eigenvalue weighted by atomic mass is 32.2. The molecule has 8 aromatic rings. The van der Waals surface area contributed by atoms with E-state index < -0.39 is 31.4 Å². The summed E-state index contributed by atoms with van der Waals surface area (Å²) in [5.41, 5.74) is -0.954. The van der Waals surface area contributed by atoms with Crippen molar-refractivity contribution in [3.8, 4) is 11.5 Å². The Labute approximate surface area is 296 Å². The van der Waals surface area contributed by atoms with E-state index in [1.807, 2.05) is 24.3 Å². The smallest absolute Gasteiger partial charge is 0.416 e. The van der Waals surface area contributed by atoms with Crippen LogP contribution < -0.4 is 9.47 Å². The number of fused-ring (bicyclic) bond motifs is 9. The first kappa shape index (κ1) is 33.5. The van der Waals surface area contributed by atoms with Crippen LogP contribution in [0.1, 0.15) is 5.56 Å². The van der Waals surface area contributed by atoms with Gasteiger partial charge in [0.05, 0.1) is 39.4 Å². The van der Waals surface area contributed by atoms with Gasteiger partial charge in [0.1, 0.15) is 11.5 Å². The molecule has 8 aromatic carbocycles. The molecule has 8 rings (SSSR count). The number of hydrogen-bond donors (Lipinski definition) is 0. The summed E-state index contributed by atoms with van der Waals surface area (Å²) >= 11 is 0. The average molecular weight is 737 g/mol. The molecule has 0 spiro atoms. The Hall–Kier alpha value is -5.65. The first-order chi connectivity index (χ1) is 24.8. The Morgan fingerprint density at radius 3 is 1.52 bits per heavy atom. The maximum atomic E-state index is 14.4. The summed E-state index contributed by atoms with van der Waals surface area (Å²) < 4.78 is 111. The zero-order valence-electron chi connectivity index (χ0n) is 27.5. The van der Waals surface area contributed by atoms with Crippen molar-refractivity contribution in [1.82, 2.24) is 0 Å². The molecule has 6 nitrogen and oxygen atoms in total. The van der Waals surface area contributed by atoms with Gasteiger partial charge in [0.15, 0.2) is 0 Å². The van der Waals surface area contributed by atoms with Crippen molar-refractivity contribution in [2.75, 3.05) is 14.2 Å². The van der Waals surface area contributed by atoms with E-state index in [9.17, 15) is 30.0 Å². The van der Waals surface area contributed by atoms with E-state index in [0.717, 1.165) is 17.5 Å². The third-order valence-corrected chi connectivity index (χ3v) is 13.1. The van der Waals surface area contributed by atoms with Gasteiger partial charge in [-0.25, -0.2) is 16.8 Å². The van der Waals surface area contributed by atoms with Gasteiger partial charge in [-0.2, -0.15) is 13.2 Å². The van der Waals surface area contributed by atoms with Gasteiger partial charge in [-0.1, -0.05) is 54.6 Å². The van der Waals surface area contributed by atoms with E-state index in [-0.39, 0.29) is 30.4 Å². The standard InChI is InChI=1S/C41H27F3O6S2/c1-49-28-11-15-30(16-12-28)51(45,46)36-21-25-7-8-26-22-37(52(47,48)31-17-13-29(50-2)14-18-31)34-19-9-24-5-3-4-6-32(24)40(34)39(26)38(25)35-23-27(41(42,43)44)10-20-33(35)36/h3-23H,1-2H3. The highest BCUT2D eigenvalue weighted by Crippen LogP contribution is 2.46. The zero-order valence-corrected chi connectivity index (χ0v) is 29.2. The van der Waals surface area contributed by atoms with Gasteiger partial charge in [-0.05, 0) is 116 Å². The minimum Gasteiger partial charge on any atom is -0.497 e. The van der Waals surface area contributed by atoms with Crippen LogP contribution in [-0.2, 0) is 25.9 Å². The highest BCUT2D eigenvalue weighted by Gasteiger charge is 2.32. The summed E-state index contributed by atoms with van der Waals surface area (Å²) in [5.74, 6) is 0.925. The summed E-state index contributed by atoms with van der Waals surface area (Å²) in [6.07, 6.45) is -4.73. The molecule has 0 bridgehead atoms. The fraction of sp³-hybridized carbons (Fsp3) is 0.0732. The molecule has 0 saturated heterocycles. The second-order valence-electron chi connectivity index (χ2n) is 12.3. The van der Waals surface area contributed by atoms with Crippen LogP contribution in [0.25, 0.3) is 53.9 Å². The normalized spacial score (nSPS) is 12.6. The third kappa shape index (κ3) is 5.22. The van der Waals surface area contributed by atoms with Gasteiger partial charge >= 0.3 is 6.18 Å². The average Bonchev–Trinajstić information content (AvgIpc) is 3.16. The van der Waals surface area contributed by atoms with Gasteiger partial charge in [0, 0.05) is 10.8 Å². The zero-order chi connectivity index (χ0) is 36.6. The largest absolute Gasteiger partial charge is 0.497 e. The van der Waals surface area contributed by atoms with Crippen molar-refractivity contribution < 1.29 is 39.5 Å². The molecule has 0 heterocycles. The van der Waals surface area contributed by atoms with E-state index in [4.69, 9.17) is 9.47 Å². The number of sulfone groups is 2. The van der Waals surface area contributed by atoms with Gasteiger partial charge in [-0.15, -0.1) is 0 Å². The summed E-state index contributed by atoms with van der Waals surface area (Å²) in [5, 5.41) is 4.17. The Morgan fingerprint density at radius 1 is 0.462 bits per heavy atom. The number of alkyl halides is 3. The molecule has 0 fully saturated rings. The molecule has 0 atom stereocenters. The van der Waals surface area contributed by atoms with Gasteiger partial charge in [0.25, 0.3) is 0 Å². The number of halogens is 3. The molecule has 11 heteroatoms. The molecule has 0 unspecified atom stereocenters. The van der Waals surface area contributed by atoms with Crippen molar-refractivity contribution >= 4 is 73.5 Å². The first-order valence-corrected chi connectivity index (χ1v) is 18.9. The highest BCUT2D eigenvalue weighted by molar-refractivity contribution is 7.92. The maximum absolute atomic E-state index is 14.4. The second-order valence-corrected chi connectivity index (χ2v) is 16.2. The molecule has 0 aromatic heterocycles. The van der Waals surface area contributed by atoms with E-state index in [1.54, 1.807) is 36.4 Å². The molecule has 0 aliphatic carbocycles. The SMILES string of the molecule is COc1ccc(S(=O)(=O)c2cc3ccc4cc(S(=O)(=O)c5ccc(OC)cc5)c5ccc6ccccc6c5c4c3c3cc(C(F)(F)F)ccc23)cc1. The second kappa shape index (κ2) is 12.0. The van der Waals surface area contributed by atoms with E-state index >= 15 is 0 Å². The van der Waals surface area contributed by atoms with Gasteiger partial charge < -0.3 is 9.47 Å². The molecule has 0 saturated carbocycles. The van der Waals surface area contributed by atoms with Crippen LogP contribution in [0, 0.1) is 0 Å². The summed E-state index contributed by atoms with van der Waals surface area (Å²) in [7, 11) is -5.44. The van der Waals surface area contributed by atoms with Crippen LogP contribution in [0.3, 0.4) is 0 Å². The number of ether oxygens (including phenoxy) is 2. The molecule has 0 amide bonds. The van der Waals surface area contributed by atoms with Crippen LogP contribution in [-0.4, -0.2) is 31.1 Å². The van der Waals surface area contributed by atoms with E-state index in [2.05, 4.69) is 0 Å². The fourth-order valence-corrected chi connectivity index (χ4v) is 9.96. The molecule has 0 N–H and O–H groups in total. The molecular weight excluding hydrogens is 710 g/mol. The minimum atomic E-state index is -4.73. The van der Waals surface area contributed by atoms with Crippen molar-refractivity contribution in [3.63, 3.8) is 0 Å². The predicted octanol–water partition coefficient (Wildman–Crippen LogP) is 10.2. The van der Waals surface area contributed by atoms with Gasteiger partial charge in [0.2, 0.25) is 19.7 Å². The third-order valence-electron chi connectivity index (χ3n) is 9.49. The van der Waals surface area contributed by atoms with Crippen molar-refractivity contribution in [2.24, 2.45) is 0 Å². The Bertz CT molecular complexity index is 2980. The van der Waals surface area contributed by atoms with Crippen LogP contribution in [0.5, 0.6) is 11.5 Å². The number of hydrogen-bond acceptors (Lipinski definition) is 6. The molecular formula is C41H27F3O6S2. The molecule has 0 aliphatic heterocycles. The lowest BCUT2D eigenvalue weighted by molar-refractivity contribution is -0.137. The van der Waals surface area contributed by atoms with Crippen LogP contribution >= 0.6 is 0 Å². The quantitative estimate of drug-likeness (QED) is 0.158. The lowest BCUT2D eigenvalue weighted by Crippen LogP contribution is -2.07. The Morgan fingerprint density at radius 2 is 0.962 bits per heavy atom. The molecule has 0 aliphatic rings. The summed E-state index contributed by atoms with van der Waals surface area (Å²) in [4.78, 5) is -0.165. The molecule has 260 valence electrons. The topological polar surface area (TPSA) is 86.7 Å². The number of benzene rings is 8. The minimum absolute atomic E-state index is 0.0178. The van der Waals surface area contributed by atoms with Crippen molar-refractivity contribution in [1.29, 1.82) is 0 Å². The fourth-order valence-electron chi connectivity index (χ4n) is 6.97. The number of methoxy groups -OCH3 is 2. The van der Waals surface area contributed by atoms with E-state index in [1.165, 1.54) is 68.8 Å². The monoisotopic (exact) mass is 736 g/mol. The summed E-state index contributed by atoms with van der Waals surface area (Å²) in [6, 6.07) is 32.0. The van der Waals surface area contributed by atoms with Crippen LogP contribution in [0.15, 0.2) is 147 Å². The Kier molecular flexibility index (Phi) is 7.70. The maximum Gasteiger partial charge on any atom is 0.416 e. The lowest BCUT2D eigenvalue weighted by Gasteiger charge is -2.19. The van der Waals surface area contributed by atoms with Crippen molar-refractivity contribution in [3.05, 3.63) is 133 Å². The predicted molar refractivity (Wildman–Crippen MR) is 196 cm³/mol. The summed E-state index contributed by atoms with van der Waals surface area (Å²) in [6.45, 7) is 0. The molecule has 52 heavy (non-hydrogen) atoms.